The van der Waals surface area contributed by atoms with Gasteiger partial charge in [0.15, 0.2) is 0 Å². The van der Waals surface area contributed by atoms with Gasteiger partial charge in [-0.3, -0.25) is 9.10 Å². The van der Waals surface area contributed by atoms with E-state index in [1.165, 1.54) is 4.31 Å². The minimum Gasteiger partial charge on any atom is -0.348 e. The molecule has 0 atom stereocenters. The third kappa shape index (κ3) is 4.02. The van der Waals surface area contributed by atoms with Gasteiger partial charge in [-0.25, -0.2) is 8.42 Å². The minimum atomic E-state index is -3.30. The number of hydrogen-bond acceptors (Lipinski definition) is 3. The molecule has 3 rings (SSSR count). The maximum atomic E-state index is 12.4. The normalized spacial score (nSPS) is 16.3. The van der Waals surface area contributed by atoms with Crippen LogP contribution in [0.15, 0.2) is 42.5 Å². The zero-order valence-electron chi connectivity index (χ0n) is 14.5. The van der Waals surface area contributed by atoms with Gasteiger partial charge in [-0.05, 0) is 49.1 Å². The van der Waals surface area contributed by atoms with E-state index in [9.17, 15) is 13.2 Å². The zero-order chi connectivity index (χ0) is 18.7. The van der Waals surface area contributed by atoms with E-state index >= 15 is 0 Å². The number of benzene rings is 2. The summed E-state index contributed by atoms with van der Waals surface area (Å²) in [7, 11) is -3.30. The zero-order valence-corrected chi connectivity index (χ0v) is 16.1. The lowest BCUT2D eigenvalue weighted by Crippen LogP contribution is -2.37. The van der Waals surface area contributed by atoms with Gasteiger partial charge >= 0.3 is 0 Å². The van der Waals surface area contributed by atoms with Crippen LogP contribution in [0.4, 0.5) is 5.69 Å². The lowest BCUT2D eigenvalue weighted by molar-refractivity contribution is 0.0951. The summed E-state index contributed by atoms with van der Waals surface area (Å²) in [5, 5.41) is 3.10. The van der Waals surface area contributed by atoms with Gasteiger partial charge in [0.1, 0.15) is 0 Å². The highest BCUT2D eigenvalue weighted by Crippen LogP contribution is 2.28. The Kier molecular flexibility index (Phi) is 5.53. The molecule has 0 aromatic heterocycles. The van der Waals surface area contributed by atoms with Gasteiger partial charge in [0.2, 0.25) is 10.0 Å². The predicted octanol–water partition coefficient (Wildman–Crippen LogP) is 3.51. The van der Waals surface area contributed by atoms with Crippen LogP contribution in [0, 0.1) is 6.92 Å². The van der Waals surface area contributed by atoms with E-state index in [1.54, 1.807) is 18.2 Å². The van der Waals surface area contributed by atoms with Crippen LogP contribution in [0.3, 0.4) is 0 Å². The van der Waals surface area contributed by atoms with Gasteiger partial charge in [-0.2, -0.15) is 0 Å². The molecule has 2 aromatic carbocycles. The monoisotopic (exact) mass is 392 g/mol. The number of anilines is 1. The van der Waals surface area contributed by atoms with Crippen molar-refractivity contribution in [2.24, 2.45) is 0 Å². The minimum absolute atomic E-state index is 0.142. The molecule has 1 amide bonds. The fraction of sp³-hybridized carbons (Fsp3) is 0.316. The standard InChI is InChI=1S/C19H21ClN2O3S/c1-14-6-2-3-7-15(14)13-21-19(23)17-9-8-16(12-18(17)20)22-10-4-5-11-26(22,24)25/h2-3,6-9,12H,4-5,10-11,13H2,1H3,(H,21,23). The van der Waals surface area contributed by atoms with Gasteiger partial charge in [0.05, 0.1) is 22.0 Å². The molecule has 7 heteroatoms. The first-order valence-electron chi connectivity index (χ1n) is 8.51. The van der Waals surface area contributed by atoms with E-state index in [1.807, 2.05) is 31.2 Å². The Balaban J connectivity index is 1.75. The van der Waals surface area contributed by atoms with Crippen molar-refractivity contribution in [3.8, 4) is 0 Å². The fourth-order valence-corrected chi connectivity index (χ4v) is 4.89. The van der Waals surface area contributed by atoms with Crippen LogP contribution in [0.2, 0.25) is 5.02 Å². The van der Waals surface area contributed by atoms with Crippen LogP contribution in [0.1, 0.15) is 34.3 Å². The molecule has 1 aliphatic rings. The Bertz CT molecular complexity index is 928. The van der Waals surface area contributed by atoms with Gasteiger partial charge in [0.25, 0.3) is 5.91 Å². The molecule has 2 aromatic rings. The second-order valence-corrected chi connectivity index (χ2v) is 8.79. The number of halogens is 1. The molecule has 1 aliphatic heterocycles. The Morgan fingerprint density at radius 3 is 2.65 bits per heavy atom. The molecule has 1 fully saturated rings. The van der Waals surface area contributed by atoms with Crippen molar-refractivity contribution in [3.63, 3.8) is 0 Å². The number of nitrogens with one attached hydrogen (secondary N) is 1. The van der Waals surface area contributed by atoms with Crippen LogP contribution < -0.4 is 9.62 Å². The second kappa shape index (κ2) is 7.68. The lowest BCUT2D eigenvalue weighted by atomic mass is 10.1. The van der Waals surface area contributed by atoms with E-state index in [4.69, 9.17) is 11.6 Å². The molecule has 26 heavy (non-hydrogen) atoms. The first-order chi connectivity index (χ1) is 12.4. The fourth-order valence-electron chi connectivity index (χ4n) is 3.00. The summed E-state index contributed by atoms with van der Waals surface area (Å²) in [6.45, 7) is 2.84. The molecule has 0 saturated carbocycles. The SMILES string of the molecule is Cc1ccccc1CNC(=O)c1ccc(N2CCCCS2(=O)=O)cc1Cl. The molecule has 1 N–H and O–H groups in total. The molecule has 0 aliphatic carbocycles. The average Bonchev–Trinajstić information content (AvgIpc) is 2.60. The first-order valence-corrected chi connectivity index (χ1v) is 10.5. The molecule has 5 nitrogen and oxygen atoms in total. The van der Waals surface area contributed by atoms with Crippen LogP contribution in [-0.4, -0.2) is 26.6 Å². The number of nitrogens with zero attached hydrogens (tertiary/aromatic N) is 1. The Morgan fingerprint density at radius 2 is 1.96 bits per heavy atom. The highest BCUT2D eigenvalue weighted by atomic mass is 35.5. The van der Waals surface area contributed by atoms with Crippen LogP contribution >= 0.6 is 11.6 Å². The number of carbonyl (C=O) groups is 1. The summed E-state index contributed by atoms with van der Waals surface area (Å²) in [5.74, 6) is -0.144. The van der Waals surface area contributed by atoms with Crippen molar-refractivity contribution in [1.29, 1.82) is 0 Å². The summed E-state index contributed by atoms with van der Waals surface area (Å²) in [4.78, 5) is 12.4. The maximum Gasteiger partial charge on any atom is 0.253 e. The van der Waals surface area contributed by atoms with E-state index < -0.39 is 10.0 Å². The smallest absolute Gasteiger partial charge is 0.253 e. The molecule has 1 saturated heterocycles. The number of amides is 1. The largest absolute Gasteiger partial charge is 0.348 e. The quantitative estimate of drug-likeness (QED) is 0.865. The van der Waals surface area contributed by atoms with E-state index in [2.05, 4.69) is 5.32 Å². The highest BCUT2D eigenvalue weighted by Gasteiger charge is 2.26. The molecule has 0 spiro atoms. The molecular formula is C19H21ClN2O3S. The summed E-state index contributed by atoms with van der Waals surface area (Å²) >= 11 is 6.27. The Labute approximate surface area is 159 Å². The van der Waals surface area contributed by atoms with Crippen molar-refractivity contribution >= 4 is 33.2 Å². The Morgan fingerprint density at radius 1 is 1.19 bits per heavy atom. The van der Waals surface area contributed by atoms with E-state index in [0.29, 0.717) is 30.8 Å². The summed E-state index contributed by atoms with van der Waals surface area (Å²) in [6, 6.07) is 12.6. The third-order valence-corrected chi connectivity index (χ3v) is 6.72. The molecule has 0 radical (unpaired) electrons. The van der Waals surface area contributed by atoms with Crippen LogP contribution in [0.25, 0.3) is 0 Å². The predicted molar refractivity (Wildman–Crippen MR) is 104 cm³/mol. The molecule has 0 bridgehead atoms. The first kappa shape index (κ1) is 18.7. The van der Waals surface area contributed by atoms with Gasteiger partial charge in [-0.15, -0.1) is 0 Å². The summed E-state index contributed by atoms with van der Waals surface area (Å²) < 4.78 is 25.8. The number of rotatable bonds is 4. The topological polar surface area (TPSA) is 66.5 Å². The lowest BCUT2D eigenvalue weighted by Gasteiger charge is -2.28. The van der Waals surface area contributed by atoms with Crippen molar-refractivity contribution in [2.75, 3.05) is 16.6 Å². The van der Waals surface area contributed by atoms with Crippen molar-refractivity contribution in [2.45, 2.75) is 26.3 Å². The maximum absolute atomic E-state index is 12.4. The Hall–Kier alpha value is -2.05. The van der Waals surface area contributed by atoms with Gasteiger partial charge < -0.3 is 5.32 Å². The molecule has 0 unspecified atom stereocenters. The van der Waals surface area contributed by atoms with Crippen LogP contribution in [-0.2, 0) is 16.6 Å². The summed E-state index contributed by atoms with van der Waals surface area (Å²) in [5.41, 5.74) is 2.97. The van der Waals surface area contributed by atoms with E-state index in [-0.39, 0.29) is 16.7 Å². The van der Waals surface area contributed by atoms with Crippen molar-refractivity contribution in [1.82, 2.24) is 5.32 Å². The third-order valence-electron chi connectivity index (χ3n) is 4.54. The second-order valence-electron chi connectivity index (χ2n) is 6.37. The number of aryl methyl sites for hydroxylation is 1. The van der Waals surface area contributed by atoms with Gasteiger partial charge in [0, 0.05) is 13.1 Å². The van der Waals surface area contributed by atoms with Crippen molar-refractivity contribution in [3.05, 3.63) is 64.2 Å². The van der Waals surface area contributed by atoms with Crippen molar-refractivity contribution < 1.29 is 13.2 Å². The molecule has 1 heterocycles. The number of sulfonamides is 1. The average molecular weight is 393 g/mol. The molecule has 138 valence electrons. The summed E-state index contributed by atoms with van der Waals surface area (Å²) in [6.07, 6.45) is 1.49. The number of carbonyl (C=O) groups excluding carboxylic acids is 1. The van der Waals surface area contributed by atoms with Crippen LogP contribution in [0.5, 0.6) is 0 Å². The molecular weight excluding hydrogens is 372 g/mol. The van der Waals surface area contributed by atoms with Gasteiger partial charge in [-0.1, -0.05) is 35.9 Å². The number of hydrogen-bond donors (Lipinski definition) is 1. The highest BCUT2D eigenvalue weighted by molar-refractivity contribution is 7.92. The van der Waals surface area contributed by atoms with E-state index in [0.717, 1.165) is 17.5 Å².